The number of benzene rings is 1. The topological polar surface area (TPSA) is 108 Å². The molecule has 25 heavy (non-hydrogen) atoms. The van der Waals surface area contributed by atoms with E-state index < -0.39 is 29.6 Å². The minimum Gasteiger partial charge on any atom is -0.502 e. The fraction of sp³-hybridized carbons (Fsp3) is 0.118. The Morgan fingerprint density at radius 3 is 2.52 bits per heavy atom. The molecule has 1 atom stereocenters. The lowest BCUT2D eigenvalue weighted by atomic mass is 10.0. The van der Waals surface area contributed by atoms with Crippen LogP contribution in [-0.4, -0.2) is 20.2 Å². The van der Waals surface area contributed by atoms with Gasteiger partial charge in [0.1, 0.15) is 24.2 Å². The summed E-state index contributed by atoms with van der Waals surface area (Å²) < 4.78 is 18.7. The second kappa shape index (κ2) is 7.10. The number of halogens is 1. The summed E-state index contributed by atoms with van der Waals surface area (Å²) >= 11 is 0. The molecule has 2 aromatic heterocycles. The van der Waals surface area contributed by atoms with Crippen LogP contribution in [0.2, 0.25) is 0 Å². The first kappa shape index (κ1) is 16.6. The fourth-order valence-corrected chi connectivity index (χ4v) is 2.29. The number of hydrogen-bond acceptors (Lipinski definition) is 7. The molecule has 0 saturated carbocycles. The van der Waals surface area contributed by atoms with Gasteiger partial charge in [-0.1, -0.05) is 12.1 Å². The maximum atomic E-state index is 13.2. The zero-order valence-electron chi connectivity index (χ0n) is 12.9. The number of aliphatic hydroxyl groups excluding tert-OH is 1. The van der Waals surface area contributed by atoms with Crippen LogP contribution in [0.15, 0.2) is 58.0 Å². The van der Waals surface area contributed by atoms with Crippen molar-refractivity contribution in [2.75, 3.05) is 5.32 Å². The molecule has 3 rings (SSSR count). The maximum Gasteiger partial charge on any atom is 0.227 e. The van der Waals surface area contributed by atoms with E-state index in [-0.39, 0.29) is 17.5 Å². The van der Waals surface area contributed by atoms with Crippen molar-refractivity contribution in [3.63, 3.8) is 0 Å². The van der Waals surface area contributed by atoms with Gasteiger partial charge in [0.2, 0.25) is 17.1 Å². The number of hydrogen-bond donors (Lipinski definition) is 3. The van der Waals surface area contributed by atoms with Crippen LogP contribution in [0.3, 0.4) is 0 Å². The Morgan fingerprint density at radius 2 is 1.88 bits per heavy atom. The van der Waals surface area contributed by atoms with Gasteiger partial charge < -0.3 is 19.9 Å². The highest BCUT2D eigenvalue weighted by Crippen LogP contribution is 2.30. The highest BCUT2D eigenvalue weighted by molar-refractivity contribution is 5.42. The molecular formula is C17H14FN3O4. The normalized spacial score (nSPS) is 11.9. The molecule has 3 aromatic rings. The van der Waals surface area contributed by atoms with Crippen molar-refractivity contribution in [3.05, 3.63) is 81.9 Å². The van der Waals surface area contributed by atoms with Crippen LogP contribution in [0.4, 0.5) is 10.3 Å². The molecule has 3 N–H and O–H groups in total. The largest absolute Gasteiger partial charge is 0.502 e. The van der Waals surface area contributed by atoms with E-state index in [0.717, 1.165) is 6.07 Å². The Balaban J connectivity index is 2.12. The predicted molar refractivity (Wildman–Crippen MR) is 86.5 cm³/mol. The van der Waals surface area contributed by atoms with E-state index in [1.807, 2.05) is 0 Å². The van der Waals surface area contributed by atoms with Crippen molar-refractivity contribution in [2.45, 2.75) is 12.6 Å². The molecule has 0 bridgehead atoms. The van der Waals surface area contributed by atoms with E-state index in [9.17, 15) is 19.4 Å². The summed E-state index contributed by atoms with van der Waals surface area (Å²) in [6.45, 7) is -0.513. The minimum atomic E-state index is -0.873. The lowest BCUT2D eigenvalue weighted by Crippen LogP contribution is -2.17. The lowest BCUT2D eigenvalue weighted by molar-refractivity contribution is 0.234. The quantitative estimate of drug-likeness (QED) is 0.650. The van der Waals surface area contributed by atoms with E-state index in [0.29, 0.717) is 5.56 Å². The molecule has 1 unspecified atom stereocenters. The molecule has 0 aliphatic heterocycles. The van der Waals surface area contributed by atoms with Crippen molar-refractivity contribution in [1.29, 1.82) is 0 Å². The number of nitrogens with one attached hydrogen (secondary N) is 1. The third-order valence-electron chi connectivity index (χ3n) is 3.46. The van der Waals surface area contributed by atoms with E-state index >= 15 is 0 Å². The molecule has 128 valence electrons. The average Bonchev–Trinajstić information content (AvgIpc) is 2.64. The summed E-state index contributed by atoms with van der Waals surface area (Å²) in [5, 5.41) is 22.3. The second-order valence-corrected chi connectivity index (χ2v) is 5.15. The van der Waals surface area contributed by atoms with Gasteiger partial charge in [-0.05, 0) is 23.8 Å². The Hall–Kier alpha value is -3.26. The smallest absolute Gasteiger partial charge is 0.227 e. The second-order valence-electron chi connectivity index (χ2n) is 5.15. The van der Waals surface area contributed by atoms with Crippen LogP contribution < -0.4 is 10.7 Å². The standard InChI is InChI=1S/C17H14FN3O4/c18-11-4-2-10(3-5-11)14(21-17-19-6-1-7-20-17)16-15(24)13(23)8-12(9-22)25-16/h1-8,14,22,24H,9H2,(H,19,20,21). The monoisotopic (exact) mass is 343 g/mol. The summed E-state index contributed by atoms with van der Waals surface area (Å²) in [5.41, 5.74) is -0.199. The minimum absolute atomic E-state index is 0.0132. The molecule has 1 aromatic carbocycles. The Bertz CT molecular complexity index is 913. The molecular weight excluding hydrogens is 329 g/mol. The molecule has 0 saturated heterocycles. The first-order valence-corrected chi connectivity index (χ1v) is 7.34. The summed E-state index contributed by atoms with van der Waals surface area (Å²) in [6.07, 6.45) is 3.02. The summed E-state index contributed by atoms with van der Waals surface area (Å²) in [6, 6.07) is 7.17. The predicted octanol–water partition coefficient (Wildman–Crippen LogP) is 1.97. The zero-order chi connectivity index (χ0) is 17.8. The third-order valence-corrected chi connectivity index (χ3v) is 3.46. The van der Waals surface area contributed by atoms with Crippen LogP contribution in [0.25, 0.3) is 0 Å². The summed E-state index contributed by atoms with van der Waals surface area (Å²) in [7, 11) is 0. The molecule has 0 aliphatic carbocycles. The first-order valence-electron chi connectivity index (χ1n) is 7.34. The zero-order valence-corrected chi connectivity index (χ0v) is 12.9. The molecule has 0 aliphatic rings. The average molecular weight is 343 g/mol. The van der Waals surface area contributed by atoms with Crippen molar-refractivity contribution < 1.29 is 19.0 Å². The van der Waals surface area contributed by atoms with Crippen LogP contribution in [0, 0.1) is 5.82 Å². The van der Waals surface area contributed by atoms with Gasteiger partial charge in [-0.3, -0.25) is 4.79 Å². The van der Waals surface area contributed by atoms with Crippen molar-refractivity contribution >= 4 is 5.95 Å². The Morgan fingerprint density at radius 1 is 1.20 bits per heavy atom. The number of aromatic nitrogens is 2. The van der Waals surface area contributed by atoms with Gasteiger partial charge in [0, 0.05) is 18.5 Å². The summed E-state index contributed by atoms with van der Waals surface area (Å²) in [4.78, 5) is 20.0. The number of aliphatic hydroxyl groups is 1. The van der Waals surface area contributed by atoms with E-state index in [2.05, 4.69) is 15.3 Å². The third kappa shape index (κ3) is 3.64. The highest BCUT2D eigenvalue weighted by atomic mass is 19.1. The van der Waals surface area contributed by atoms with Gasteiger partial charge in [-0.15, -0.1) is 0 Å². The highest BCUT2D eigenvalue weighted by Gasteiger charge is 2.24. The van der Waals surface area contributed by atoms with Gasteiger partial charge in [-0.25, -0.2) is 14.4 Å². The molecule has 0 fully saturated rings. The SMILES string of the molecule is O=c1cc(CO)oc(C(Nc2ncccn2)c2ccc(F)cc2)c1O. The Kier molecular flexibility index (Phi) is 4.71. The number of nitrogens with zero attached hydrogens (tertiary/aromatic N) is 2. The number of aromatic hydroxyl groups is 1. The van der Waals surface area contributed by atoms with Gasteiger partial charge in [0.05, 0.1) is 0 Å². The maximum absolute atomic E-state index is 13.2. The molecule has 7 nitrogen and oxygen atoms in total. The number of rotatable bonds is 5. The Labute approximate surface area is 141 Å². The van der Waals surface area contributed by atoms with Crippen molar-refractivity contribution in [3.8, 4) is 5.75 Å². The van der Waals surface area contributed by atoms with E-state index in [1.54, 1.807) is 6.07 Å². The van der Waals surface area contributed by atoms with Crippen LogP contribution in [-0.2, 0) is 6.61 Å². The van der Waals surface area contributed by atoms with Gasteiger partial charge >= 0.3 is 0 Å². The van der Waals surface area contributed by atoms with Gasteiger partial charge in [0.15, 0.2) is 5.76 Å². The van der Waals surface area contributed by atoms with Gasteiger partial charge in [0.25, 0.3) is 0 Å². The first-order chi connectivity index (χ1) is 12.1. The molecule has 0 radical (unpaired) electrons. The van der Waals surface area contributed by atoms with E-state index in [4.69, 9.17) is 4.42 Å². The van der Waals surface area contributed by atoms with Gasteiger partial charge in [-0.2, -0.15) is 0 Å². The van der Waals surface area contributed by atoms with Crippen molar-refractivity contribution in [2.24, 2.45) is 0 Å². The van der Waals surface area contributed by atoms with Crippen LogP contribution in [0.5, 0.6) is 5.75 Å². The van der Waals surface area contributed by atoms with E-state index in [1.165, 1.54) is 36.7 Å². The molecule has 8 heteroatoms. The molecule has 0 amide bonds. The summed E-state index contributed by atoms with van der Waals surface area (Å²) in [5.74, 6) is -0.979. The molecule has 2 heterocycles. The molecule has 0 spiro atoms. The number of anilines is 1. The van der Waals surface area contributed by atoms with Crippen molar-refractivity contribution in [1.82, 2.24) is 9.97 Å². The fourth-order valence-electron chi connectivity index (χ4n) is 2.29. The van der Waals surface area contributed by atoms with Crippen LogP contribution >= 0.6 is 0 Å². The van der Waals surface area contributed by atoms with Crippen LogP contribution in [0.1, 0.15) is 23.1 Å². The lowest BCUT2D eigenvalue weighted by Gasteiger charge is -2.19.